The molecule has 0 bridgehead atoms. The maximum Gasteiger partial charge on any atom is 0.266 e. The predicted molar refractivity (Wildman–Crippen MR) is 116 cm³/mol. The second-order valence-corrected chi connectivity index (χ2v) is 7.97. The molecule has 0 saturated carbocycles. The van der Waals surface area contributed by atoms with Crippen molar-refractivity contribution in [1.82, 2.24) is 25.2 Å². The number of benzene rings is 1. The van der Waals surface area contributed by atoms with Crippen LogP contribution in [0.15, 0.2) is 42.1 Å². The highest BCUT2D eigenvalue weighted by molar-refractivity contribution is 5.98. The van der Waals surface area contributed by atoms with Crippen molar-refractivity contribution in [2.45, 2.75) is 33.6 Å². The van der Waals surface area contributed by atoms with Crippen LogP contribution in [-0.2, 0) is 13.5 Å². The third-order valence-electron chi connectivity index (χ3n) is 5.61. The first-order valence-electron chi connectivity index (χ1n) is 10.1. The standard InChI is InChI=1S/C23H26N6O/c1-15-5-6-16(2)20(11-15)22(30)12-19-8-7-18(13-24-19)21-14-29(10-9-17(21)3)23-25-27-28(4)26-23/h5-8,11,13H,9-10,12,14H2,1-4H3. The first-order chi connectivity index (χ1) is 14.4. The number of ketones is 1. The smallest absolute Gasteiger partial charge is 0.266 e. The van der Waals surface area contributed by atoms with Crippen LogP contribution in [0, 0.1) is 13.8 Å². The number of aromatic nitrogens is 5. The second-order valence-electron chi connectivity index (χ2n) is 7.97. The summed E-state index contributed by atoms with van der Waals surface area (Å²) >= 11 is 0. The number of nitrogens with zero attached hydrogens (tertiary/aromatic N) is 6. The third-order valence-corrected chi connectivity index (χ3v) is 5.61. The van der Waals surface area contributed by atoms with E-state index in [0.717, 1.165) is 47.5 Å². The highest BCUT2D eigenvalue weighted by Gasteiger charge is 2.21. The van der Waals surface area contributed by atoms with Crippen molar-refractivity contribution >= 4 is 17.3 Å². The van der Waals surface area contributed by atoms with Gasteiger partial charge in [0, 0.05) is 30.5 Å². The molecule has 1 aliphatic heterocycles. The summed E-state index contributed by atoms with van der Waals surface area (Å²) in [5.74, 6) is 0.746. The molecule has 1 aliphatic rings. The van der Waals surface area contributed by atoms with Crippen molar-refractivity contribution in [2.75, 3.05) is 18.0 Å². The van der Waals surface area contributed by atoms with Gasteiger partial charge in [0.15, 0.2) is 5.78 Å². The fraction of sp³-hybridized carbons (Fsp3) is 0.348. The highest BCUT2D eigenvalue weighted by atomic mass is 16.1. The van der Waals surface area contributed by atoms with Crippen LogP contribution in [-0.4, -0.2) is 44.1 Å². The zero-order valence-electron chi connectivity index (χ0n) is 17.9. The maximum absolute atomic E-state index is 12.7. The number of carbonyl (C=O) groups is 1. The van der Waals surface area contributed by atoms with Gasteiger partial charge in [-0.25, -0.2) is 0 Å². The number of hydrogen-bond donors (Lipinski definition) is 0. The Hall–Kier alpha value is -3.35. The zero-order chi connectivity index (χ0) is 21.3. The van der Waals surface area contributed by atoms with Crippen LogP contribution in [0.1, 0.15) is 46.1 Å². The van der Waals surface area contributed by atoms with Gasteiger partial charge in [0.1, 0.15) is 0 Å². The van der Waals surface area contributed by atoms with Crippen LogP contribution >= 0.6 is 0 Å². The topological polar surface area (TPSA) is 76.8 Å². The Labute approximate surface area is 176 Å². The Morgan fingerprint density at radius 2 is 1.97 bits per heavy atom. The van der Waals surface area contributed by atoms with Gasteiger partial charge >= 0.3 is 0 Å². The molecule has 30 heavy (non-hydrogen) atoms. The zero-order valence-corrected chi connectivity index (χ0v) is 17.9. The third kappa shape index (κ3) is 4.15. The van der Waals surface area contributed by atoms with Gasteiger partial charge < -0.3 is 4.90 Å². The number of Topliss-reactive ketones (excluding diaryl/α,β-unsaturated/α-hetero) is 1. The summed E-state index contributed by atoms with van der Waals surface area (Å²) in [6.45, 7) is 7.73. The van der Waals surface area contributed by atoms with Gasteiger partial charge in [0.05, 0.1) is 13.5 Å². The van der Waals surface area contributed by atoms with E-state index in [1.54, 1.807) is 7.05 Å². The summed E-state index contributed by atoms with van der Waals surface area (Å²) in [5.41, 5.74) is 7.30. The molecule has 7 nitrogen and oxygen atoms in total. The second kappa shape index (κ2) is 8.18. The quantitative estimate of drug-likeness (QED) is 0.609. The Kier molecular flexibility index (Phi) is 5.44. The van der Waals surface area contributed by atoms with Gasteiger partial charge in [-0.1, -0.05) is 34.4 Å². The van der Waals surface area contributed by atoms with Gasteiger partial charge in [-0.05, 0) is 61.2 Å². The minimum atomic E-state index is 0.101. The van der Waals surface area contributed by atoms with Crippen molar-refractivity contribution in [3.05, 3.63) is 70.0 Å². The van der Waals surface area contributed by atoms with Crippen LogP contribution in [0.2, 0.25) is 0 Å². The molecule has 0 aliphatic carbocycles. The number of hydrogen-bond acceptors (Lipinski definition) is 6. The van der Waals surface area contributed by atoms with E-state index in [2.05, 4.69) is 38.3 Å². The summed E-state index contributed by atoms with van der Waals surface area (Å²) < 4.78 is 0. The molecule has 0 amide bonds. The SMILES string of the molecule is CC1=C(c2ccc(CC(=O)c3cc(C)ccc3C)nc2)CN(c2nnn(C)n2)CC1. The molecule has 0 atom stereocenters. The number of tetrazole rings is 1. The number of carbonyl (C=O) groups excluding carboxylic acids is 1. The molecule has 2 aromatic heterocycles. The molecule has 0 fully saturated rings. The molecule has 3 aromatic rings. The van der Waals surface area contributed by atoms with E-state index < -0.39 is 0 Å². The van der Waals surface area contributed by atoms with E-state index in [-0.39, 0.29) is 5.78 Å². The van der Waals surface area contributed by atoms with E-state index in [1.165, 1.54) is 15.9 Å². The van der Waals surface area contributed by atoms with Gasteiger partial charge in [0.25, 0.3) is 5.95 Å². The van der Waals surface area contributed by atoms with Crippen LogP contribution in [0.4, 0.5) is 5.95 Å². The molecule has 3 heterocycles. The maximum atomic E-state index is 12.7. The summed E-state index contributed by atoms with van der Waals surface area (Å²) in [7, 11) is 1.77. The summed E-state index contributed by atoms with van der Waals surface area (Å²) in [5, 5.41) is 12.4. The molecule has 0 saturated heterocycles. The van der Waals surface area contributed by atoms with Gasteiger partial charge in [-0.15, -0.1) is 5.10 Å². The van der Waals surface area contributed by atoms with Crippen molar-refractivity contribution in [3.63, 3.8) is 0 Å². The fourth-order valence-corrected chi connectivity index (χ4v) is 3.77. The summed E-state index contributed by atoms with van der Waals surface area (Å²) in [6, 6.07) is 10.00. The van der Waals surface area contributed by atoms with Crippen molar-refractivity contribution < 1.29 is 4.79 Å². The van der Waals surface area contributed by atoms with E-state index in [9.17, 15) is 4.79 Å². The van der Waals surface area contributed by atoms with Crippen molar-refractivity contribution in [2.24, 2.45) is 7.05 Å². The molecule has 0 spiro atoms. The van der Waals surface area contributed by atoms with Crippen molar-refractivity contribution in [3.8, 4) is 0 Å². The normalized spacial score (nSPS) is 14.3. The summed E-state index contributed by atoms with van der Waals surface area (Å²) in [4.78, 5) is 20.9. The molecule has 0 N–H and O–H groups in total. The lowest BCUT2D eigenvalue weighted by Gasteiger charge is -2.28. The predicted octanol–water partition coefficient (Wildman–Crippen LogP) is 3.33. The number of aryl methyl sites for hydroxylation is 3. The molecule has 4 rings (SSSR count). The molecule has 0 unspecified atom stereocenters. The number of anilines is 1. The van der Waals surface area contributed by atoms with E-state index in [0.29, 0.717) is 12.4 Å². The Morgan fingerprint density at radius 1 is 1.13 bits per heavy atom. The molecule has 1 aromatic carbocycles. The molecule has 7 heteroatoms. The van der Waals surface area contributed by atoms with E-state index >= 15 is 0 Å². The molecular formula is C23H26N6O. The van der Waals surface area contributed by atoms with Gasteiger partial charge in [-0.2, -0.15) is 4.80 Å². The summed E-state index contributed by atoms with van der Waals surface area (Å²) in [6.07, 6.45) is 3.12. The Balaban J connectivity index is 1.50. The van der Waals surface area contributed by atoms with Gasteiger partial charge in [-0.3, -0.25) is 9.78 Å². The highest BCUT2D eigenvalue weighted by Crippen LogP contribution is 2.28. The fourth-order valence-electron chi connectivity index (χ4n) is 3.77. The van der Waals surface area contributed by atoms with Gasteiger partial charge in [0.2, 0.25) is 0 Å². The van der Waals surface area contributed by atoms with Crippen molar-refractivity contribution in [1.29, 1.82) is 0 Å². The lowest BCUT2D eigenvalue weighted by molar-refractivity contribution is 0.0991. The molecule has 0 radical (unpaired) electrons. The van der Waals surface area contributed by atoms with Crippen LogP contribution < -0.4 is 4.90 Å². The lowest BCUT2D eigenvalue weighted by Crippen LogP contribution is -2.31. The average molecular weight is 403 g/mol. The van der Waals surface area contributed by atoms with Crippen LogP contribution in [0.5, 0.6) is 0 Å². The first-order valence-corrected chi connectivity index (χ1v) is 10.1. The van der Waals surface area contributed by atoms with Crippen LogP contribution in [0.25, 0.3) is 5.57 Å². The average Bonchev–Trinajstić information content (AvgIpc) is 3.17. The molecular weight excluding hydrogens is 376 g/mol. The first kappa shape index (κ1) is 19.9. The van der Waals surface area contributed by atoms with E-state index in [1.807, 2.05) is 44.3 Å². The molecule has 154 valence electrons. The van der Waals surface area contributed by atoms with Crippen LogP contribution in [0.3, 0.4) is 0 Å². The Morgan fingerprint density at radius 3 is 2.67 bits per heavy atom. The number of rotatable bonds is 5. The number of pyridine rings is 1. The lowest BCUT2D eigenvalue weighted by atomic mass is 9.95. The monoisotopic (exact) mass is 402 g/mol. The minimum Gasteiger partial charge on any atom is -0.334 e. The minimum absolute atomic E-state index is 0.101. The largest absolute Gasteiger partial charge is 0.334 e. The van der Waals surface area contributed by atoms with E-state index in [4.69, 9.17) is 0 Å². The Bertz CT molecular complexity index is 1110.